The van der Waals surface area contributed by atoms with E-state index < -0.39 is 72.6 Å². The summed E-state index contributed by atoms with van der Waals surface area (Å²) in [5.74, 6) is -5.96. The lowest BCUT2D eigenvalue weighted by Crippen LogP contribution is -2.58. The van der Waals surface area contributed by atoms with Gasteiger partial charge in [0.05, 0.1) is 12.5 Å². The summed E-state index contributed by atoms with van der Waals surface area (Å²) in [6.07, 6.45) is 0.407. The number of amides is 4. The van der Waals surface area contributed by atoms with Crippen LogP contribution < -0.4 is 27.4 Å². The smallest absolute Gasteiger partial charge is 0.326 e. The molecule has 14 nitrogen and oxygen atoms in total. The number of aliphatic carboxylic acids is 2. The van der Waals surface area contributed by atoms with Gasteiger partial charge in [0.15, 0.2) is 0 Å². The Bertz CT molecular complexity index is 1240. The topological polar surface area (TPSA) is 247 Å². The molecule has 0 aliphatic rings. The number of carbonyl (C=O) groups excluding carboxylic acids is 4. The molecule has 0 fully saturated rings. The highest BCUT2D eigenvalue weighted by Crippen LogP contribution is 2.19. The summed E-state index contributed by atoms with van der Waals surface area (Å²) in [6.45, 7) is 3.60. The Morgan fingerprint density at radius 3 is 2.10 bits per heavy atom. The van der Waals surface area contributed by atoms with E-state index in [9.17, 15) is 33.9 Å². The number of carboxylic acids is 2. The van der Waals surface area contributed by atoms with Gasteiger partial charge >= 0.3 is 11.9 Å². The highest BCUT2D eigenvalue weighted by atomic mass is 16.4. The van der Waals surface area contributed by atoms with Crippen LogP contribution in [-0.2, 0) is 35.2 Å². The van der Waals surface area contributed by atoms with Crippen LogP contribution in [0.15, 0.2) is 30.5 Å². The van der Waals surface area contributed by atoms with Gasteiger partial charge in [-0.15, -0.1) is 0 Å². The first-order chi connectivity index (χ1) is 18.8. The zero-order chi connectivity index (χ0) is 30.0. The van der Waals surface area contributed by atoms with Gasteiger partial charge in [-0.3, -0.25) is 24.0 Å². The van der Waals surface area contributed by atoms with Crippen molar-refractivity contribution in [3.05, 3.63) is 36.0 Å². The Labute approximate surface area is 230 Å². The Balaban J connectivity index is 2.34. The molecule has 0 aliphatic heterocycles. The summed E-state index contributed by atoms with van der Waals surface area (Å²) >= 11 is 0. The Hall–Kier alpha value is -4.46. The quantitative estimate of drug-likeness (QED) is 0.130. The van der Waals surface area contributed by atoms with Crippen molar-refractivity contribution >= 4 is 46.5 Å². The first kappa shape index (κ1) is 31.8. The molecule has 4 amide bonds. The number of rotatable bonds is 16. The SMILES string of the molecule is CC(C)CC(NC(=O)C(Cc1c[nH]c2ccccc12)NC(=O)C(CCC(=O)O)NC(=O)C(N)CC(N)=O)C(=O)O. The highest BCUT2D eigenvalue weighted by Gasteiger charge is 2.31. The van der Waals surface area contributed by atoms with Crippen molar-refractivity contribution < 1.29 is 39.0 Å². The number of nitrogens with one attached hydrogen (secondary N) is 4. The largest absolute Gasteiger partial charge is 0.481 e. The van der Waals surface area contributed by atoms with Gasteiger partial charge in [0.25, 0.3) is 0 Å². The van der Waals surface area contributed by atoms with Gasteiger partial charge in [-0.1, -0.05) is 32.0 Å². The second kappa shape index (κ2) is 14.6. The van der Waals surface area contributed by atoms with Crippen LogP contribution in [0.4, 0.5) is 0 Å². The molecule has 4 unspecified atom stereocenters. The summed E-state index contributed by atoms with van der Waals surface area (Å²) in [7, 11) is 0. The maximum Gasteiger partial charge on any atom is 0.326 e. The van der Waals surface area contributed by atoms with Crippen molar-refractivity contribution in [2.45, 2.75) is 70.1 Å². The summed E-state index contributed by atoms with van der Waals surface area (Å²) in [4.78, 5) is 76.2. The first-order valence-electron chi connectivity index (χ1n) is 12.7. The Morgan fingerprint density at radius 1 is 0.900 bits per heavy atom. The molecule has 0 radical (unpaired) electrons. The van der Waals surface area contributed by atoms with Gasteiger partial charge in [-0.25, -0.2) is 4.79 Å². The van der Waals surface area contributed by atoms with Crippen LogP contribution in [0.5, 0.6) is 0 Å². The molecule has 0 aliphatic carbocycles. The number of aromatic nitrogens is 1. The average molecular weight is 561 g/mol. The van der Waals surface area contributed by atoms with Crippen molar-refractivity contribution in [2.24, 2.45) is 17.4 Å². The van der Waals surface area contributed by atoms with Crippen LogP contribution >= 0.6 is 0 Å². The van der Waals surface area contributed by atoms with Gasteiger partial charge in [0.2, 0.25) is 23.6 Å². The van der Waals surface area contributed by atoms with E-state index in [1.807, 2.05) is 18.2 Å². The molecule has 0 bridgehead atoms. The van der Waals surface area contributed by atoms with Gasteiger partial charge < -0.3 is 42.6 Å². The van der Waals surface area contributed by atoms with Crippen LogP contribution in [0.3, 0.4) is 0 Å². The fraction of sp³-hybridized carbons (Fsp3) is 0.462. The molecule has 0 saturated heterocycles. The minimum absolute atomic E-state index is 0.0452. The lowest BCUT2D eigenvalue weighted by Gasteiger charge is -2.25. The predicted molar refractivity (Wildman–Crippen MR) is 144 cm³/mol. The summed E-state index contributed by atoms with van der Waals surface area (Å²) in [6, 6.07) is 1.94. The molecular formula is C26H36N6O8. The van der Waals surface area contributed by atoms with E-state index >= 15 is 0 Å². The van der Waals surface area contributed by atoms with Crippen molar-refractivity contribution in [1.29, 1.82) is 0 Å². The Kier molecular flexibility index (Phi) is 11.6. The molecule has 1 aromatic carbocycles. The standard InChI is InChI=1S/C26H36N6O8/c1-13(2)9-20(26(39)40)32-25(38)19(10-14-12-29-17-6-4-3-5-15(14)17)31-24(37)18(7-8-22(34)35)30-23(36)16(27)11-21(28)33/h3-6,12-13,16,18-20,29H,7-11,27H2,1-2H3,(H2,28,33)(H,30,36)(H,31,37)(H,32,38)(H,34,35)(H,39,40). The lowest BCUT2D eigenvalue weighted by molar-refractivity contribution is -0.142. The maximum absolute atomic E-state index is 13.3. The van der Waals surface area contributed by atoms with Crippen LogP contribution in [-0.4, -0.2) is 74.9 Å². The maximum atomic E-state index is 13.3. The number of nitrogens with two attached hydrogens (primary N) is 2. The average Bonchev–Trinajstić information content (AvgIpc) is 3.27. The molecule has 10 N–H and O–H groups in total. The number of hydrogen-bond acceptors (Lipinski definition) is 7. The van der Waals surface area contributed by atoms with Crippen LogP contribution in [0, 0.1) is 5.92 Å². The van der Waals surface area contributed by atoms with Crippen molar-refractivity contribution in [1.82, 2.24) is 20.9 Å². The number of H-pyrrole nitrogens is 1. The number of carboxylic acid groups (broad SMARTS) is 2. The van der Waals surface area contributed by atoms with Gasteiger partial charge in [0, 0.05) is 29.9 Å². The zero-order valence-electron chi connectivity index (χ0n) is 22.3. The van der Waals surface area contributed by atoms with E-state index in [0.717, 1.165) is 10.9 Å². The monoisotopic (exact) mass is 560 g/mol. The molecule has 2 aromatic rings. The summed E-state index contributed by atoms with van der Waals surface area (Å²) < 4.78 is 0. The third-order valence-electron chi connectivity index (χ3n) is 6.09. The molecule has 4 atom stereocenters. The number of primary amides is 1. The third-order valence-corrected chi connectivity index (χ3v) is 6.09. The second-order valence-electron chi connectivity index (χ2n) is 9.92. The molecule has 0 saturated carbocycles. The number of benzene rings is 1. The van der Waals surface area contributed by atoms with Gasteiger partial charge in [-0.05, 0) is 30.4 Å². The van der Waals surface area contributed by atoms with Gasteiger partial charge in [-0.2, -0.15) is 0 Å². The molecule has 0 spiro atoms. The second-order valence-corrected chi connectivity index (χ2v) is 9.92. The normalized spacial score (nSPS) is 14.1. The van der Waals surface area contributed by atoms with E-state index in [1.54, 1.807) is 26.1 Å². The third kappa shape index (κ3) is 9.69. The summed E-state index contributed by atoms with van der Waals surface area (Å²) in [5.41, 5.74) is 12.2. The Morgan fingerprint density at radius 2 is 1.50 bits per heavy atom. The van der Waals surface area contributed by atoms with Crippen molar-refractivity contribution in [3.8, 4) is 0 Å². The van der Waals surface area contributed by atoms with Crippen molar-refractivity contribution in [2.75, 3.05) is 0 Å². The fourth-order valence-corrected chi connectivity index (χ4v) is 4.09. The molecule has 40 heavy (non-hydrogen) atoms. The number of fused-ring (bicyclic) bond motifs is 1. The van der Waals surface area contributed by atoms with Crippen LogP contribution in [0.1, 0.15) is 45.1 Å². The van der Waals surface area contributed by atoms with E-state index in [1.165, 1.54) is 0 Å². The number of carbonyl (C=O) groups is 6. The lowest BCUT2D eigenvalue weighted by atomic mass is 10.0. The van der Waals surface area contributed by atoms with Crippen molar-refractivity contribution in [3.63, 3.8) is 0 Å². The van der Waals surface area contributed by atoms with E-state index in [2.05, 4.69) is 20.9 Å². The fourth-order valence-electron chi connectivity index (χ4n) is 4.09. The van der Waals surface area contributed by atoms with E-state index in [4.69, 9.17) is 16.6 Å². The predicted octanol–water partition coefficient (Wildman–Crippen LogP) is -0.637. The van der Waals surface area contributed by atoms with E-state index in [0.29, 0.717) is 5.56 Å². The minimum atomic E-state index is -1.42. The minimum Gasteiger partial charge on any atom is -0.481 e. The van der Waals surface area contributed by atoms with Gasteiger partial charge in [0.1, 0.15) is 18.1 Å². The number of hydrogen-bond donors (Lipinski definition) is 8. The molecular weight excluding hydrogens is 524 g/mol. The van der Waals surface area contributed by atoms with Crippen LogP contribution in [0.25, 0.3) is 10.9 Å². The zero-order valence-corrected chi connectivity index (χ0v) is 22.3. The highest BCUT2D eigenvalue weighted by molar-refractivity contribution is 5.95. The molecule has 14 heteroatoms. The number of aromatic amines is 1. The molecule has 1 aromatic heterocycles. The van der Waals surface area contributed by atoms with Crippen LogP contribution in [0.2, 0.25) is 0 Å². The summed E-state index contributed by atoms with van der Waals surface area (Å²) in [5, 5.41) is 26.8. The molecule has 1 heterocycles. The first-order valence-corrected chi connectivity index (χ1v) is 12.7. The molecule has 218 valence electrons. The van der Waals surface area contributed by atoms with E-state index in [-0.39, 0.29) is 25.2 Å². The number of para-hydroxylation sites is 1. The molecule has 2 rings (SSSR count).